The Kier molecular flexibility index (Phi) is 3.69. The van der Waals surface area contributed by atoms with Crippen molar-refractivity contribution in [1.29, 1.82) is 0 Å². The molecule has 0 saturated carbocycles. The number of H-pyrrole nitrogens is 1. The van der Waals surface area contributed by atoms with Gasteiger partial charge in [-0.3, -0.25) is 10.1 Å². The van der Waals surface area contributed by atoms with Crippen molar-refractivity contribution >= 4 is 23.1 Å². The van der Waals surface area contributed by atoms with E-state index in [0.717, 1.165) is 5.69 Å². The van der Waals surface area contributed by atoms with E-state index in [9.17, 15) is 4.39 Å². The average Bonchev–Trinajstić information content (AvgIpc) is 2.89. The van der Waals surface area contributed by atoms with E-state index in [0.29, 0.717) is 28.7 Å². The van der Waals surface area contributed by atoms with Crippen molar-refractivity contribution in [2.45, 2.75) is 13.8 Å². The Morgan fingerprint density at radius 1 is 1.00 bits per heavy atom. The highest BCUT2D eigenvalue weighted by molar-refractivity contribution is 5.59. The van der Waals surface area contributed by atoms with Crippen LogP contribution in [0.2, 0.25) is 0 Å². The molecule has 0 bridgehead atoms. The summed E-state index contributed by atoms with van der Waals surface area (Å²) in [6, 6.07) is 6.78. The highest BCUT2D eigenvalue weighted by atomic mass is 19.1. The van der Waals surface area contributed by atoms with Crippen molar-refractivity contribution in [1.82, 2.24) is 20.2 Å². The molecular formula is C15H15FN6. The minimum Gasteiger partial charge on any atom is -0.339 e. The number of hydrogen-bond acceptors (Lipinski definition) is 5. The van der Waals surface area contributed by atoms with E-state index in [2.05, 4.69) is 30.8 Å². The predicted octanol–water partition coefficient (Wildman–Crippen LogP) is 3.44. The Balaban J connectivity index is 1.77. The van der Waals surface area contributed by atoms with Crippen LogP contribution in [-0.4, -0.2) is 20.2 Å². The Morgan fingerprint density at radius 3 is 2.45 bits per heavy atom. The summed E-state index contributed by atoms with van der Waals surface area (Å²) in [5.41, 5.74) is 2.16. The van der Waals surface area contributed by atoms with Gasteiger partial charge in [0.25, 0.3) is 0 Å². The molecule has 7 heteroatoms. The van der Waals surface area contributed by atoms with Gasteiger partial charge in [0.05, 0.1) is 12.4 Å². The van der Waals surface area contributed by atoms with Crippen LogP contribution in [0.5, 0.6) is 0 Å². The van der Waals surface area contributed by atoms with E-state index in [1.165, 1.54) is 6.07 Å². The molecule has 0 amide bonds. The minimum atomic E-state index is -0.265. The van der Waals surface area contributed by atoms with Crippen molar-refractivity contribution in [3.63, 3.8) is 0 Å². The normalized spacial score (nSPS) is 10.5. The van der Waals surface area contributed by atoms with Gasteiger partial charge in [-0.15, -0.1) is 0 Å². The van der Waals surface area contributed by atoms with Crippen LogP contribution in [0.1, 0.15) is 11.3 Å². The highest BCUT2D eigenvalue weighted by Gasteiger charge is 2.04. The average molecular weight is 298 g/mol. The Morgan fingerprint density at radius 2 is 1.77 bits per heavy atom. The summed E-state index contributed by atoms with van der Waals surface area (Å²) in [7, 11) is 0. The van der Waals surface area contributed by atoms with Gasteiger partial charge < -0.3 is 10.6 Å². The standard InChI is InChI=1S/C15H15FN6/c1-9-3-4-11(6-12(9)16)18-14-7-17-8-15(20-14)19-13-5-10(2)21-22-13/h3-8H,1-2H3,(H3,18,19,20,21,22). The molecule has 0 unspecified atom stereocenters. The smallest absolute Gasteiger partial charge is 0.153 e. The zero-order chi connectivity index (χ0) is 15.5. The summed E-state index contributed by atoms with van der Waals surface area (Å²) >= 11 is 0. The molecule has 6 nitrogen and oxygen atoms in total. The SMILES string of the molecule is Cc1cc(Nc2cncc(Nc3ccc(C)c(F)c3)n2)n[nH]1. The third-order valence-corrected chi connectivity index (χ3v) is 3.04. The second-order valence-corrected chi connectivity index (χ2v) is 4.94. The summed E-state index contributed by atoms with van der Waals surface area (Å²) < 4.78 is 13.6. The third-order valence-electron chi connectivity index (χ3n) is 3.04. The topological polar surface area (TPSA) is 78.5 Å². The van der Waals surface area contributed by atoms with Gasteiger partial charge in [0.1, 0.15) is 5.82 Å². The van der Waals surface area contributed by atoms with Crippen molar-refractivity contribution in [2.75, 3.05) is 10.6 Å². The zero-order valence-corrected chi connectivity index (χ0v) is 12.2. The molecule has 0 spiro atoms. The number of halogens is 1. The first-order valence-corrected chi connectivity index (χ1v) is 6.74. The Labute approximate surface area is 126 Å². The van der Waals surface area contributed by atoms with Gasteiger partial charge in [0.2, 0.25) is 0 Å². The van der Waals surface area contributed by atoms with Crippen LogP contribution >= 0.6 is 0 Å². The summed E-state index contributed by atoms with van der Waals surface area (Å²) in [4.78, 5) is 8.47. The lowest BCUT2D eigenvalue weighted by molar-refractivity contribution is 0.619. The lowest BCUT2D eigenvalue weighted by Gasteiger charge is -2.08. The fourth-order valence-electron chi connectivity index (χ4n) is 1.92. The van der Waals surface area contributed by atoms with Crippen molar-refractivity contribution in [2.24, 2.45) is 0 Å². The Hall–Kier alpha value is -2.96. The van der Waals surface area contributed by atoms with Gasteiger partial charge in [0.15, 0.2) is 17.5 Å². The van der Waals surface area contributed by atoms with Gasteiger partial charge >= 0.3 is 0 Å². The summed E-state index contributed by atoms with van der Waals surface area (Å²) in [5, 5.41) is 13.0. The van der Waals surface area contributed by atoms with Crippen LogP contribution in [0.25, 0.3) is 0 Å². The molecule has 2 heterocycles. The van der Waals surface area contributed by atoms with E-state index < -0.39 is 0 Å². The van der Waals surface area contributed by atoms with Crippen LogP contribution in [0.3, 0.4) is 0 Å². The van der Waals surface area contributed by atoms with Crippen LogP contribution in [0.15, 0.2) is 36.7 Å². The number of aromatic amines is 1. The molecular weight excluding hydrogens is 283 g/mol. The van der Waals surface area contributed by atoms with Crippen LogP contribution in [0, 0.1) is 19.7 Å². The van der Waals surface area contributed by atoms with Gasteiger partial charge in [0, 0.05) is 17.4 Å². The predicted molar refractivity (Wildman–Crippen MR) is 83.1 cm³/mol. The molecule has 0 atom stereocenters. The molecule has 3 aromatic rings. The Bertz CT molecular complexity index is 798. The largest absolute Gasteiger partial charge is 0.339 e. The number of nitrogens with zero attached hydrogens (tertiary/aromatic N) is 3. The summed E-state index contributed by atoms with van der Waals surface area (Å²) in [5.74, 6) is 1.45. The maximum Gasteiger partial charge on any atom is 0.153 e. The highest BCUT2D eigenvalue weighted by Crippen LogP contribution is 2.19. The van der Waals surface area contributed by atoms with Crippen LogP contribution < -0.4 is 10.6 Å². The maximum absolute atomic E-state index is 13.6. The molecule has 112 valence electrons. The molecule has 0 radical (unpaired) electrons. The number of hydrogen-bond donors (Lipinski definition) is 3. The number of aromatic nitrogens is 4. The number of nitrogens with one attached hydrogen (secondary N) is 3. The molecule has 3 rings (SSSR count). The van der Waals surface area contributed by atoms with Gasteiger partial charge in [-0.2, -0.15) is 5.10 Å². The molecule has 1 aromatic carbocycles. The molecule has 0 saturated heterocycles. The number of benzene rings is 1. The van der Waals surface area contributed by atoms with Crippen LogP contribution in [-0.2, 0) is 0 Å². The fraction of sp³-hybridized carbons (Fsp3) is 0.133. The molecule has 0 aliphatic heterocycles. The monoisotopic (exact) mass is 298 g/mol. The first kappa shape index (κ1) is 14.0. The van der Waals surface area contributed by atoms with E-state index in [-0.39, 0.29) is 5.82 Å². The first-order valence-electron chi connectivity index (χ1n) is 6.74. The van der Waals surface area contributed by atoms with E-state index >= 15 is 0 Å². The van der Waals surface area contributed by atoms with Crippen molar-refractivity contribution in [3.8, 4) is 0 Å². The van der Waals surface area contributed by atoms with Gasteiger partial charge in [-0.05, 0) is 31.5 Å². The molecule has 22 heavy (non-hydrogen) atoms. The first-order chi connectivity index (χ1) is 10.6. The molecule has 3 N–H and O–H groups in total. The van der Waals surface area contributed by atoms with E-state index in [1.54, 1.807) is 31.5 Å². The molecule has 0 aliphatic rings. The lowest BCUT2D eigenvalue weighted by Crippen LogP contribution is -2.00. The fourth-order valence-corrected chi connectivity index (χ4v) is 1.92. The minimum absolute atomic E-state index is 0.265. The second kappa shape index (κ2) is 5.80. The number of anilines is 4. The second-order valence-electron chi connectivity index (χ2n) is 4.94. The molecule has 0 aliphatic carbocycles. The van der Waals surface area contributed by atoms with Crippen LogP contribution in [0.4, 0.5) is 27.5 Å². The molecule has 2 aromatic heterocycles. The van der Waals surface area contributed by atoms with E-state index in [1.807, 2.05) is 13.0 Å². The molecule has 0 fully saturated rings. The van der Waals surface area contributed by atoms with E-state index in [4.69, 9.17) is 0 Å². The van der Waals surface area contributed by atoms with Gasteiger partial charge in [-0.1, -0.05) is 6.07 Å². The number of aryl methyl sites for hydroxylation is 2. The maximum atomic E-state index is 13.6. The quantitative estimate of drug-likeness (QED) is 0.687. The van der Waals surface area contributed by atoms with Gasteiger partial charge in [-0.25, -0.2) is 9.37 Å². The third kappa shape index (κ3) is 3.20. The van der Waals surface area contributed by atoms with Crippen molar-refractivity contribution < 1.29 is 4.39 Å². The zero-order valence-electron chi connectivity index (χ0n) is 12.2. The lowest BCUT2D eigenvalue weighted by atomic mass is 10.2. The summed E-state index contributed by atoms with van der Waals surface area (Å²) in [6.07, 6.45) is 3.16. The number of rotatable bonds is 4. The van der Waals surface area contributed by atoms with Crippen molar-refractivity contribution in [3.05, 3.63) is 53.7 Å². The summed E-state index contributed by atoms with van der Waals surface area (Å²) in [6.45, 7) is 3.63.